The van der Waals surface area contributed by atoms with Crippen LogP contribution in [0.4, 0.5) is 0 Å². The molecule has 7 heteroatoms. The first-order valence-corrected chi connectivity index (χ1v) is 10.7. The molecule has 0 aliphatic rings. The fourth-order valence-electron chi connectivity index (χ4n) is 3.15. The van der Waals surface area contributed by atoms with Crippen molar-refractivity contribution in [3.05, 3.63) is 39.6 Å². The van der Waals surface area contributed by atoms with Crippen molar-refractivity contribution in [3.63, 3.8) is 0 Å². The zero-order chi connectivity index (χ0) is 21.2. The summed E-state index contributed by atoms with van der Waals surface area (Å²) < 4.78 is 16.4. The number of rotatable bonds is 10. The molecule has 2 N–H and O–H groups in total. The summed E-state index contributed by atoms with van der Waals surface area (Å²) in [6.45, 7) is 7.84. The molecule has 0 radical (unpaired) electrons. The molecule has 1 aromatic heterocycles. The van der Waals surface area contributed by atoms with Crippen LogP contribution in [0, 0.1) is 6.92 Å². The zero-order valence-corrected chi connectivity index (χ0v) is 19.1. The highest BCUT2D eigenvalue weighted by atomic mass is 32.1. The summed E-state index contributed by atoms with van der Waals surface area (Å²) in [6.07, 6.45) is 1.71. The number of aliphatic imine (C=N–C) groups is 1. The van der Waals surface area contributed by atoms with Crippen molar-refractivity contribution in [2.45, 2.75) is 39.7 Å². The Bertz CT molecular complexity index is 805. The van der Waals surface area contributed by atoms with Gasteiger partial charge in [0.15, 0.2) is 17.5 Å². The Morgan fingerprint density at radius 1 is 1.07 bits per heavy atom. The summed E-state index contributed by atoms with van der Waals surface area (Å²) in [6, 6.07) is 8.56. The molecule has 1 aromatic carbocycles. The number of benzene rings is 1. The zero-order valence-electron chi connectivity index (χ0n) is 18.3. The summed E-state index contributed by atoms with van der Waals surface area (Å²) in [5.74, 6) is 2.79. The minimum Gasteiger partial charge on any atom is -0.493 e. The van der Waals surface area contributed by atoms with Gasteiger partial charge in [0.25, 0.3) is 0 Å². The van der Waals surface area contributed by atoms with Gasteiger partial charge in [-0.05, 0) is 45.4 Å². The van der Waals surface area contributed by atoms with Crippen molar-refractivity contribution in [2.75, 3.05) is 34.4 Å². The van der Waals surface area contributed by atoms with Gasteiger partial charge in [-0.25, -0.2) is 0 Å². The van der Waals surface area contributed by atoms with Gasteiger partial charge in [-0.15, -0.1) is 11.3 Å². The number of nitrogens with zero attached hydrogens (tertiary/aromatic N) is 1. The molecule has 0 amide bonds. The number of nitrogens with one attached hydrogen (secondary N) is 2. The molecule has 29 heavy (non-hydrogen) atoms. The molecule has 2 aromatic rings. The monoisotopic (exact) mass is 419 g/mol. The predicted molar refractivity (Wildman–Crippen MR) is 121 cm³/mol. The van der Waals surface area contributed by atoms with Crippen molar-refractivity contribution >= 4 is 17.3 Å². The maximum absolute atomic E-state index is 5.56. The SMILES string of the molecule is CCNC(=NCCc1ccc(OC)c(OC)c1OC)NC(C)Cc1ccc(C)s1. The van der Waals surface area contributed by atoms with Gasteiger partial charge in [-0.1, -0.05) is 6.07 Å². The molecule has 6 nitrogen and oxygen atoms in total. The lowest BCUT2D eigenvalue weighted by atomic mass is 10.1. The molecule has 0 saturated heterocycles. The van der Waals surface area contributed by atoms with E-state index in [0.29, 0.717) is 29.8 Å². The van der Waals surface area contributed by atoms with Crippen molar-refractivity contribution in [2.24, 2.45) is 4.99 Å². The second-order valence-electron chi connectivity index (χ2n) is 6.77. The molecule has 160 valence electrons. The van der Waals surface area contributed by atoms with Crippen LogP contribution in [0.5, 0.6) is 17.2 Å². The Labute approximate surface area is 178 Å². The van der Waals surface area contributed by atoms with Crippen LogP contribution in [-0.4, -0.2) is 46.4 Å². The highest BCUT2D eigenvalue weighted by molar-refractivity contribution is 7.11. The molecule has 1 unspecified atom stereocenters. The number of thiophene rings is 1. The molecular weight excluding hydrogens is 386 g/mol. The van der Waals surface area contributed by atoms with Crippen LogP contribution < -0.4 is 24.8 Å². The number of hydrogen-bond acceptors (Lipinski definition) is 5. The molecule has 0 saturated carbocycles. The van der Waals surface area contributed by atoms with Crippen LogP contribution in [0.25, 0.3) is 0 Å². The third-order valence-corrected chi connectivity index (χ3v) is 5.49. The lowest BCUT2D eigenvalue weighted by Crippen LogP contribution is -2.43. The van der Waals surface area contributed by atoms with E-state index in [2.05, 4.69) is 43.5 Å². The molecule has 0 fully saturated rings. The average Bonchev–Trinajstić information content (AvgIpc) is 3.11. The third-order valence-electron chi connectivity index (χ3n) is 4.47. The highest BCUT2D eigenvalue weighted by Crippen LogP contribution is 2.39. The Balaban J connectivity index is 2.03. The minimum atomic E-state index is 0.293. The van der Waals surface area contributed by atoms with E-state index in [9.17, 15) is 0 Å². The normalized spacial score (nSPS) is 12.4. The first-order chi connectivity index (χ1) is 14.0. The molecule has 1 atom stereocenters. The van der Waals surface area contributed by atoms with Gasteiger partial charge in [0.1, 0.15) is 0 Å². The number of guanidine groups is 1. The number of methoxy groups -OCH3 is 3. The molecule has 0 aliphatic carbocycles. The van der Waals surface area contributed by atoms with Crippen molar-refractivity contribution in [1.82, 2.24) is 10.6 Å². The molecular formula is C22H33N3O3S. The van der Waals surface area contributed by atoms with Crippen LogP contribution in [0.1, 0.15) is 29.2 Å². The minimum absolute atomic E-state index is 0.293. The molecule has 2 rings (SSSR count). The van der Waals surface area contributed by atoms with Crippen LogP contribution >= 0.6 is 11.3 Å². The summed E-state index contributed by atoms with van der Waals surface area (Å²) in [5.41, 5.74) is 1.03. The quantitative estimate of drug-likeness (QED) is 0.453. The van der Waals surface area contributed by atoms with Crippen molar-refractivity contribution < 1.29 is 14.2 Å². The number of aryl methyl sites for hydroxylation is 1. The van der Waals surface area contributed by atoms with Gasteiger partial charge < -0.3 is 24.8 Å². The van der Waals surface area contributed by atoms with Gasteiger partial charge in [0, 0.05) is 40.9 Å². The fraction of sp³-hybridized carbons (Fsp3) is 0.500. The second-order valence-corrected chi connectivity index (χ2v) is 8.14. The van der Waals surface area contributed by atoms with Crippen molar-refractivity contribution in [3.8, 4) is 17.2 Å². The van der Waals surface area contributed by atoms with E-state index >= 15 is 0 Å². The van der Waals surface area contributed by atoms with E-state index in [4.69, 9.17) is 19.2 Å². The third kappa shape index (κ3) is 6.56. The second kappa shape index (κ2) is 11.6. The van der Waals surface area contributed by atoms with Crippen LogP contribution in [0.15, 0.2) is 29.3 Å². The van der Waals surface area contributed by atoms with E-state index < -0.39 is 0 Å². The highest BCUT2D eigenvalue weighted by Gasteiger charge is 2.15. The Morgan fingerprint density at radius 3 is 2.41 bits per heavy atom. The van der Waals surface area contributed by atoms with E-state index in [-0.39, 0.29) is 0 Å². The Hall–Kier alpha value is -2.41. The van der Waals surface area contributed by atoms with Crippen molar-refractivity contribution in [1.29, 1.82) is 0 Å². The Kier molecular flexibility index (Phi) is 9.12. The smallest absolute Gasteiger partial charge is 0.203 e. The lowest BCUT2D eigenvalue weighted by Gasteiger charge is -2.18. The predicted octanol–water partition coefficient (Wildman–Crippen LogP) is 3.81. The molecule has 0 bridgehead atoms. The van der Waals surface area contributed by atoms with Gasteiger partial charge >= 0.3 is 0 Å². The van der Waals surface area contributed by atoms with E-state index in [1.165, 1.54) is 9.75 Å². The summed E-state index contributed by atoms with van der Waals surface area (Å²) in [5, 5.41) is 6.83. The molecule has 0 aliphatic heterocycles. The molecule has 0 spiro atoms. The molecule has 1 heterocycles. The van der Waals surface area contributed by atoms with Crippen LogP contribution in [0.2, 0.25) is 0 Å². The van der Waals surface area contributed by atoms with Crippen LogP contribution in [0.3, 0.4) is 0 Å². The van der Waals surface area contributed by atoms with E-state index in [1.54, 1.807) is 21.3 Å². The lowest BCUT2D eigenvalue weighted by molar-refractivity contribution is 0.322. The maximum atomic E-state index is 5.56. The first kappa shape index (κ1) is 22.9. The average molecular weight is 420 g/mol. The van der Waals surface area contributed by atoms with Gasteiger partial charge in [-0.2, -0.15) is 0 Å². The number of ether oxygens (including phenoxy) is 3. The summed E-state index contributed by atoms with van der Waals surface area (Å²) >= 11 is 1.85. The Morgan fingerprint density at radius 2 is 1.83 bits per heavy atom. The van der Waals surface area contributed by atoms with Gasteiger partial charge in [0.05, 0.1) is 21.3 Å². The maximum Gasteiger partial charge on any atom is 0.203 e. The van der Waals surface area contributed by atoms with E-state index in [1.807, 2.05) is 23.5 Å². The van der Waals surface area contributed by atoms with Gasteiger partial charge in [-0.3, -0.25) is 4.99 Å². The van der Waals surface area contributed by atoms with Gasteiger partial charge in [0.2, 0.25) is 5.75 Å². The largest absolute Gasteiger partial charge is 0.493 e. The topological polar surface area (TPSA) is 64.1 Å². The number of hydrogen-bond donors (Lipinski definition) is 2. The van der Waals surface area contributed by atoms with Crippen LogP contribution in [-0.2, 0) is 12.8 Å². The summed E-state index contributed by atoms with van der Waals surface area (Å²) in [4.78, 5) is 7.47. The summed E-state index contributed by atoms with van der Waals surface area (Å²) in [7, 11) is 4.88. The fourth-order valence-corrected chi connectivity index (χ4v) is 4.17. The standard InChI is InChI=1S/C22H33N3O3S/c1-7-23-22(25-15(2)14-18-10-8-16(3)29-18)24-13-12-17-9-11-19(26-4)21(28-6)20(17)27-5/h8-11,15H,7,12-14H2,1-6H3,(H2,23,24,25). The first-order valence-electron chi connectivity index (χ1n) is 9.90. The van der Waals surface area contributed by atoms with E-state index in [0.717, 1.165) is 30.9 Å².